The molecule has 4 aromatic rings. The highest BCUT2D eigenvalue weighted by atomic mass is 35.5. The second-order valence-electron chi connectivity index (χ2n) is 10.6. The quantitative estimate of drug-likeness (QED) is 0.159. The van der Waals surface area contributed by atoms with Gasteiger partial charge < -0.3 is 10.2 Å². The van der Waals surface area contributed by atoms with Crippen molar-refractivity contribution < 1.29 is 18.0 Å². The molecule has 0 saturated heterocycles. The molecule has 0 spiro atoms. The molecule has 0 aliphatic rings. The van der Waals surface area contributed by atoms with Crippen molar-refractivity contribution in [1.82, 2.24) is 10.2 Å². The van der Waals surface area contributed by atoms with E-state index in [-0.39, 0.29) is 45.5 Å². The standard InChI is InChI=1S/C34H34Cl3N3O4S/c1-3-24(2)38-34(42)31(21-25-12-6-4-7-13-25)39(22-26-14-10-15-27(35)20-26)32(41)23-40(30-19-11-18-29(36)33(30)37)45(43,44)28-16-8-5-9-17-28/h4-20,24,31H,3,21-23H2,1-2H3,(H,38,42)/t24-,31-/m0/s1. The smallest absolute Gasteiger partial charge is 0.264 e. The van der Waals surface area contributed by atoms with Crippen LogP contribution in [0.5, 0.6) is 0 Å². The van der Waals surface area contributed by atoms with Crippen LogP contribution in [0, 0.1) is 0 Å². The molecule has 236 valence electrons. The first kappa shape index (κ1) is 34.3. The van der Waals surface area contributed by atoms with Gasteiger partial charge in [-0.05, 0) is 60.9 Å². The average Bonchev–Trinajstić information content (AvgIpc) is 3.03. The Kier molecular flexibility index (Phi) is 11.9. The van der Waals surface area contributed by atoms with Gasteiger partial charge in [-0.25, -0.2) is 8.42 Å². The van der Waals surface area contributed by atoms with Gasteiger partial charge in [0.15, 0.2) is 0 Å². The molecule has 0 heterocycles. The summed E-state index contributed by atoms with van der Waals surface area (Å²) in [6.07, 6.45) is 0.876. The van der Waals surface area contributed by atoms with E-state index in [1.54, 1.807) is 48.5 Å². The summed E-state index contributed by atoms with van der Waals surface area (Å²) in [6, 6.07) is 27.5. The Morgan fingerprint density at radius 3 is 2.09 bits per heavy atom. The molecule has 11 heteroatoms. The minimum Gasteiger partial charge on any atom is -0.352 e. The molecule has 4 rings (SSSR count). The number of hydrogen-bond donors (Lipinski definition) is 1. The Labute approximate surface area is 279 Å². The van der Waals surface area contributed by atoms with Crippen molar-refractivity contribution in [2.45, 2.75) is 50.2 Å². The maximum absolute atomic E-state index is 14.5. The zero-order valence-electron chi connectivity index (χ0n) is 24.9. The van der Waals surface area contributed by atoms with Crippen LogP contribution < -0.4 is 9.62 Å². The Hall–Kier alpha value is -3.56. The number of anilines is 1. The summed E-state index contributed by atoms with van der Waals surface area (Å²) in [6.45, 7) is 3.18. The van der Waals surface area contributed by atoms with E-state index in [0.29, 0.717) is 17.0 Å². The monoisotopic (exact) mass is 685 g/mol. The average molecular weight is 687 g/mol. The van der Waals surface area contributed by atoms with Gasteiger partial charge in [-0.1, -0.05) is 108 Å². The largest absolute Gasteiger partial charge is 0.352 e. The molecule has 45 heavy (non-hydrogen) atoms. The summed E-state index contributed by atoms with van der Waals surface area (Å²) in [5, 5.41) is 3.57. The van der Waals surface area contributed by atoms with Crippen LogP contribution in [0.1, 0.15) is 31.4 Å². The zero-order chi connectivity index (χ0) is 32.6. The van der Waals surface area contributed by atoms with E-state index in [1.807, 2.05) is 44.2 Å². The van der Waals surface area contributed by atoms with Gasteiger partial charge in [-0.3, -0.25) is 13.9 Å². The molecular weight excluding hydrogens is 653 g/mol. The number of benzene rings is 4. The highest BCUT2D eigenvalue weighted by Gasteiger charge is 2.35. The van der Waals surface area contributed by atoms with Crippen LogP contribution in [0.2, 0.25) is 15.1 Å². The van der Waals surface area contributed by atoms with Crippen LogP contribution in [-0.2, 0) is 32.6 Å². The van der Waals surface area contributed by atoms with Gasteiger partial charge in [0.1, 0.15) is 12.6 Å². The molecule has 7 nitrogen and oxygen atoms in total. The Bertz CT molecular complexity index is 1720. The van der Waals surface area contributed by atoms with Crippen LogP contribution in [0.25, 0.3) is 0 Å². The third-order valence-corrected chi connectivity index (χ3v) is 10.1. The molecule has 0 aliphatic heterocycles. The summed E-state index contributed by atoms with van der Waals surface area (Å²) in [4.78, 5) is 29.8. The highest BCUT2D eigenvalue weighted by Crippen LogP contribution is 2.35. The molecule has 2 atom stereocenters. The summed E-state index contributed by atoms with van der Waals surface area (Å²) in [5.74, 6) is -0.979. The van der Waals surface area contributed by atoms with E-state index in [4.69, 9.17) is 34.8 Å². The van der Waals surface area contributed by atoms with Gasteiger partial charge in [-0.15, -0.1) is 0 Å². The van der Waals surface area contributed by atoms with Crippen LogP contribution in [0.15, 0.2) is 108 Å². The molecule has 0 fully saturated rings. The van der Waals surface area contributed by atoms with Gasteiger partial charge in [0.2, 0.25) is 11.8 Å². The number of sulfonamides is 1. The van der Waals surface area contributed by atoms with Crippen LogP contribution in [-0.4, -0.2) is 43.8 Å². The van der Waals surface area contributed by atoms with E-state index in [2.05, 4.69) is 5.32 Å². The Morgan fingerprint density at radius 2 is 1.44 bits per heavy atom. The topological polar surface area (TPSA) is 86.8 Å². The molecule has 1 N–H and O–H groups in total. The maximum atomic E-state index is 14.5. The molecular formula is C34H34Cl3N3O4S. The summed E-state index contributed by atoms with van der Waals surface area (Å²) in [7, 11) is -4.31. The van der Waals surface area contributed by atoms with E-state index < -0.39 is 28.5 Å². The first-order valence-corrected chi connectivity index (χ1v) is 17.0. The predicted molar refractivity (Wildman–Crippen MR) is 181 cm³/mol. The number of nitrogens with one attached hydrogen (secondary N) is 1. The number of amides is 2. The minimum absolute atomic E-state index is 0.00662. The number of hydrogen-bond acceptors (Lipinski definition) is 4. The summed E-state index contributed by atoms with van der Waals surface area (Å²) < 4.78 is 29.1. The van der Waals surface area contributed by atoms with Crippen molar-refractivity contribution in [3.05, 3.63) is 129 Å². The van der Waals surface area contributed by atoms with Crippen LogP contribution in [0.4, 0.5) is 5.69 Å². The molecule has 0 aromatic heterocycles. The lowest BCUT2D eigenvalue weighted by Gasteiger charge is -2.34. The Balaban J connectivity index is 1.83. The second kappa shape index (κ2) is 15.6. The minimum atomic E-state index is -4.31. The molecule has 0 unspecified atom stereocenters. The van der Waals surface area contributed by atoms with Crippen LogP contribution in [0.3, 0.4) is 0 Å². The van der Waals surface area contributed by atoms with Crippen molar-refractivity contribution in [3.8, 4) is 0 Å². The highest BCUT2D eigenvalue weighted by molar-refractivity contribution is 7.92. The van der Waals surface area contributed by atoms with Crippen molar-refractivity contribution in [2.24, 2.45) is 0 Å². The van der Waals surface area contributed by atoms with E-state index in [1.165, 1.54) is 29.2 Å². The zero-order valence-corrected chi connectivity index (χ0v) is 28.0. The number of carbonyl (C=O) groups excluding carboxylic acids is 2. The fourth-order valence-corrected chi connectivity index (χ4v) is 6.85. The van der Waals surface area contributed by atoms with Gasteiger partial charge in [0, 0.05) is 24.0 Å². The van der Waals surface area contributed by atoms with Crippen molar-refractivity contribution in [1.29, 1.82) is 0 Å². The lowest BCUT2D eigenvalue weighted by Crippen LogP contribution is -2.54. The Morgan fingerprint density at radius 1 is 0.822 bits per heavy atom. The summed E-state index contributed by atoms with van der Waals surface area (Å²) >= 11 is 19.1. The molecule has 4 aromatic carbocycles. The first-order chi connectivity index (χ1) is 21.5. The number of rotatable bonds is 13. The van der Waals surface area contributed by atoms with E-state index in [0.717, 1.165) is 9.87 Å². The van der Waals surface area contributed by atoms with Gasteiger partial charge in [0.05, 0.1) is 20.6 Å². The normalized spacial score (nSPS) is 12.6. The predicted octanol–water partition coefficient (Wildman–Crippen LogP) is 7.40. The van der Waals surface area contributed by atoms with Crippen LogP contribution >= 0.6 is 34.8 Å². The van der Waals surface area contributed by atoms with E-state index >= 15 is 0 Å². The third-order valence-electron chi connectivity index (χ3n) is 7.32. The lowest BCUT2D eigenvalue weighted by molar-refractivity contribution is -0.140. The molecule has 2 amide bonds. The number of nitrogens with zero attached hydrogens (tertiary/aromatic N) is 2. The molecule has 0 radical (unpaired) electrons. The fraction of sp³-hybridized carbons (Fsp3) is 0.235. The SMILES string of the molecule is CC[C@H](C)NC(=O)[C@H](Cc1ccccc1)N(Cc1cccc(Cl)c1)C(=O)CN(c1cccc(Cl)c1Cl)S(=O)(=O)c1ccccc1. The van der Waals surface area contributed by atoms with Crippen molar-refractivity contribution in [3.63, 3.8) is 0 Å². The lowest BCUT2D eigenvalue weighted by atomic mass is 10.0. The fourth-order valence-electron chi connectivity index (χ4n) is 4.75. The second-order valence-corrected chi connectivity index (χ2v) is 13.7. The first-order valence-electron chi connectivity index (χ1n) is 14.4. The molecule has 0 aliphatic carbocycles. The van der Waals surface area contributed by atoms with Crippen molar-refractivity contribution >= 4 is 62.3 Å². The molecule has 0 saturated carbocycles. The van der Waals surface area contributed by atoms with E-state index in [9.17, 15) is 18.0 Å². The summed E-state index contributed by atoms with van der Waals surface area (Å²) in [5.41, 5.74) is 1.54. The molecule has 0 bridgehead atoms. The van der Waals surface area contributed by atoms with Gasteiger partial charge in [-0.2, -0.15) is 0 Å². The van der Waals surface area contributed by atoms with Gasteiger partial charge in [0.25, 0.3) is 10.0 Å². The maximum Gasteiger partial charge on any atom is 0.264 e. The third kappa shape index (κ3) is 8.79. The number of halogens is 3. The van der Waals surface area contributed by atoms with Gasteiger partial charge >= 0.3 is 0 Å². The number of carbonyl (C=O) groups is 2. The van der Waals surface area contributed by atoms with Crippen molar-refractivity contribution in [2.75, 3.05) is 10.8 Å².